The summed E-state index contributed by atoms with van der Waals surface area (Å²) in [5.74, 6) is -3.49. The zero-order chi connectivity index (χ0) is 28.1. The number of nitrogens with zero attached hydrogens (tertiary/aromatic N) is 3. The first-order chi connectivity index (χ1) is 19.2. The van der Waals surface area contributed by atoms with Crippen molar-refractivity contribution in [3.05, 3.63) is 94.6 Å². The maximum atomic E-state index is 13.9. The summed E-state index contributed by atoms with van der Waals surface area (Å²) >= 11 is 0. The van der Waals surface area contributed by atoms with Gasteiger partial charge < -0.3 is 15.0 Å². The topological polar surface area (TPSA) is 139 Å². The summed E-state index contributed by atoms with van der Waals surface area (Å²) in [6.07, 6.45) is 3.73. The molecule has 0 aliphatic carbocycles. The number of fused-ring (bicyclic) bond motifs is 5. The van der Waals surface area contributed by atoms with Gasteiger partial charge in [-0.05, 0) is 48.0 Å². The highest BCUT2D eigenvalue weighted by Crippen LogP contribution is 2.49. The van der Waals surface area contributed by atoms with Crippen molar-refractivity contribution in [3.8, 4) is 5.75 Å². The molecule has 3 heterocycles. The molecular formula is C29H22N4O7. The Morgan fingerprint density at radius 2 is 1.60 bits per heavy atom. The standard InChI is InChI=1S/C29H22N4O7/c1-16(34)40-21-13-11-19(12-14-21)31-28(36)24-23-15-6-17-4-2-3-5-22(17)32(23)26(25(24)29(31)37)27(35)30-18-7-9-20(10-8-18)33(38)39/h2-15,23-26H,1H3,(H,30,35)/t23-,24-,25-,26+/m1/s1. The molecule has 11 heteroatoms. The molecule has 1 N–H and O–H groups in total. The minimum atomic E-state index is -1.03. The molecule has 0 bridgehead atoms. The van der Waals surface area contributed by atoms with E-state index in [1.807, 2.05) is 41.3 Å². The number of esters is 1. The van der Waals surface area contributed by atoms with Crippen molar-refractivity contribution in [3.63, 3.8) is 0 Å². The quantitative estimate of drug-likeness (QED) is 0.171. The highest BCUT2D eigenvalue weighted by Gasteiger charge is 2.64. The van der Waals surface area contributed by atoms with Crippen LogP contribution in [0.5, 0.6) is 5.75 Å². The number of carbonyl (C=O) groups is 4. The van der Waals surface area contributed by atoms with Crippen LogP contribution in [0, 0.1) is 22.0 Å². The molecule has 3 aliphatic heterocycles. The molecule has 0 radical (unpaired) electrons. The molecule has 4 atom stereocenters. The van der Waals surface area contributed by atoms with Gasteiger partial charge in [0.05, 0.1) is 28.5 Å². The predicted molar refractivity (Wildman–Crippen MR) is 144 cm³/mol. The van der Waals surface area contributed by atoms with Crippen LogP contribution in [-0.2, 0) is 19.2 Å². The van der Waals surface area contributed by atoms with Crippen molar-refractivity contribution in [1.82, 2.24) is 0 Å². The van der Waals surface area contributed by atoms with Crippen LogP contribution in [-0.4, -0.2) is 40.7 Å². The minimum Gasteiger partial charge on any atom is -0.427 e. The van der Waals surface area contributed by atoms with Crippen LogP contribution in [0.4, 0.5) is 22.7 Å². The summed E-state index contributed by atoms with van der Waals surface area (Å²) in [6, 6.07) is 17.3. The van der Waals surface area contributed by atoms with Crippen LogP contribution in [0.2, 0.25) is 0 Å². The van der Waals surface area contributed by atoms with Crippen molar-refractivity contribution in [2.75, 3.05) is 15.1 Å². The van der Waals surface area contributed by atoms with E-state index in [1.54, 1.807) is 0 Å². The average Bonchev–Trinajstić information content (AvgIpc) is 3.42. The summed E-state index contributed by atoms with van der Waals surface area (Å²) < 4.78 is 5.06. The molecule has 200 valence electrons. The summed E-state index contributed by atoms with van der Waals surface area (Å²) in [7, 11) is 0. The summed E-state index contributed by atoms with van der Waals surface area (Å²) in [5.41, 5.74) is 2.09. The van der Waals surface area contributed by atoms with E-state index in [2.05, 4.69) is 5.32 Å². The number of imide groups is 1. The predicted octanol–water partition coefficient (Wildman–Crippen LogP) is 3.55. The molecule has 0 spiro atoms. The van der Waals surface area contributed by atoms with Crippen LogP contribution in [0.1, 0.15) is 12.5 Å². The molecule has 2 fully saturated rings. The van der Waals surface area contributed by atoms with E-state index < -0.39 is 52.5 Å². The molecule has 0 aromatic heterocycles. The number of rotatable bonds is 5. The Hall–Kier alpha value is -5.32. The molecular weight excluding hydrogens is 516 g/mol. The monoisotopic (exact) mass is 538 g/mol. The van der Waals surface area contributed by atoms with E-state index in [-0.39, 0.29) is 11.4 Å². The number of nitro benzene ring substituents is 1. The van der Waals surface area contributed by atoms with Crippen LogP contribution < -0.4 is 19.9 Å². The Kier molecular flexibility index (Phi) is 5.91. The molecule has 3 aliphatic rings. The molecule has 6 rings (SSSR count). The van der Waals surface area contributed by atoms with Gasteiger partial charge in [-0.3, -0.25) is 29.3 Å². The first kappa shape index (κ1) is 25.0. The largest absolute Gasteiger partial charge is 0.427 e. The second-order valence-electron chi connectivity index (χ2n) is 9.70. The number of anilines is 3. The zero-order valence-electron chi connectivity index (χ0n) is 21.1. The summed E-state index contributed by atoms with van der Waals surface area (Å²) in [6.45, 7) is 1.27. The van der Waals surface area contributed by atoms with Gasteiger partial charge >= 0.3 is 5.97 Å². The number of ether oxygens (including phenoxy) is 1. The molecule has 0 saturated carbocycles. The normalized spacial score (nSPS) is 22.4. The van der Waals surface area contributed by atoms with E-state index in [1.165, 1.54) is 55.5 Å². The number of benzene rings is 3. The lowest BCUT2D eigenvalue weighted by molar-refractivity contribution is -0.384. The molecule has 40 heavy (non-hydrogen) atoms. The number of para-hydroxylation sites is 1. The van der Waals surface area contributed by atoms with Gasteiger partial charge in [-0.25, -0.2) is 4.90 Å². The van der Waals surface area contributed by atoms with Gasteiger partial charge in [0.15, 0.2) is 0 Å². The lowest BCUT2D eigenvalue weighted by Gasteiger charge is -2.36. The Labute approximate surface area is 227 Å². The van der Waals surface area contributed by atoms with Gasteiger partial charge in [-0.1, -0.05) is 30.4 Å². The van der Waals surface area contributed by atoms with Gasteiger partial charge in [-0.15, -0.1) is 0 Å². The number of amides is 3. The summed E-state index contributed by atoms with van der Waals surface area (Å²) in [5, 5.41) is 13.8. The van der Waals surface area contributed by atoms with Crippen molar-refractivity contribution in [1.29, 1.82) is 0 Å². The van der Waals surface area contributed by atoms with E-state index in [4.69, 9.17) is 4.74 Å². The third-order valence-electron chi connectivity index (χ3n) is 7.39. The molecule has 11 nitrogen and oxygen atoms in total. The van der Waals surface area contributed by atoms with Crippen molar-refractivity contribution in [2.45, 2.75) is 19.0 Å². The van der Waals surface area contributed by atoms with Crippen LogP contribution in [0.15, 0.2) is 78.9 Å². The minimum absolute atomic E-state index is 0.124. The fourth-order valence-electron chi connectivity index (χ4n) is 5.78. The van der Waals surface area contributed by atoms with Crippen molar-refractivity contribution >= 4 is 52.5 Å². The van der Waals surface area contributed by atoms with Gasteiger partial charge in [0.1, 0.15) is 11.8 Å². The third-order valence-corrected chi connectivity index (χ3v) is 7.39. The van der Waals surface area contributed by atoms with E-state index in [0.717, 1.165) is 16.2 Å². The molecule has 3 aromatic carbocycles. The van der Waals surface area contributed by atoms with E-state index in [0.29, 0.717) is 11.4 Å². The number of hydrogen-bond acceptors (Lipinski definition) is 8. The van der Waals surface area contributed by atoms with Gasteiger partial charge in [0.2, 0.25) is 17.7 Å². The number of hydrogen-bond donors (Lipinski definition) is 1. The van der Waals surface area contributed by atoms with Crippen LogP contribution >= 0.6 is 0 Å². The maximum absolute atomic E-state index is 13.9. The van der Waals surface area contributed by atoms with Gasteiger partial charge in [0.25, 0.3) is 5.69 Å². The Morgan fingerprint density at radius 3 is 2.27 bits per heavy atom. The highest BCUT2D eigenvalue weighted by atomic mass is 16.6. The SMILES string of the molecule is CC(=O)Oc1ccc(N2C(=O)[C@@H]3[C@H](C2=O)[C@H]2C=Cc4ccccc4N2[C@@H]3C(=O)Nc2ccc([N+](=O)[O-])cc2)cc1. The fourth-order valence-corrected chi connectivity index (χ4v) is 5.78. The first-order valence-electron chi connectivity index (χ1n) is 12.5. The second-order valence-corrected chi connectivity index (χ2v) is 9.70. The lowest BCUT2D eigenvalue weighted by atomic mass is 9.88. The highest BCUT2D eigenvalue weighted by molar-refractivity contribution is 6.25. The van der Waals surface area contributed by atoms with E-state index in [9.17, 15) is 29.3 Å². The Balaban J connectivity index is 1.37. The fraction of sp³-hybridized carbons (Fsp3) is 0.172. The number of nitrogens with one attached hydrogen (secondary N) is 1. The molecule has 3 aromatic rings. The van der Waals surface area contributed by atoms with E-state index >= 15 is 0 Å². The summed E-state index contributed by atoms with van der Waals surface area (Å²) in [4.78, 5) is 66.3. The van der Waals surface area contributed by atoms with Gasteiger partial charge in [0, 0.05) is 30.4 Å². The smallest absolute Gasteiger partial charge is 0.308 e. The first-order valence-corrected chi connectivity index (χ1v) is 12.5. The van der Waals surface area contributed by atoms with Crippen LogP contribution in [0.3, 0.4) is 0 Å². The second kappa shape index (κ2) is 9.45. The third kappa shape index (κ3) is 3.99. The zero-order valence-corrected chi connectivity index (χ0v) is 21.1. The van der Waals surface area contributed by atoms with Crippen molar-refractivity contribution < 1.29 is 28.8 Å². The number of nitro groups is 1. The lowest BCUT2D eigenvalue weighted by Crippen LogP contribution is -2.50. The van der Waals surface area contributed by atoms with Crippen LogP contribution in [0.25, 0.3) is 6.08 Å². The average molecular weight is 539 g/mol. The van der Waals surface area contributed by atoms with Crippen molar-refractivity contribution in [2.24, 2.45) is 11.8 Å². The Bertz CT molecular complexity index is 1600. The Morgan fingerprint density at radius 1 is 0.925 bits per heavy atom. The molecule has 0 unspecified atom stereocenters. The molecule has 2 saturated heterocycles. The molecule has 3 amide bonds. The number of non-ortho nitro benzene ring substituents is 1. The van der Waals surface area contributed by atoms with Gasteiger partial charge in [-0.2, -0.15) is 0 Å². The maximum Gasteiger partial charge on any atom is 0.308 e. The number of carbonyl (C=O) groups excluding carboxylic acids is 4.